The zero-order chi connectivity index (χ0) is 12.4. The van der Waals surface area contributed by atoms with Gasteiger partial charge in [-0.2, -0.15) is 0 Å². The summed E-state index contributed by atoms with van der Waals surface area (Å²) < 4.78 is 5.56. The molecule has 0 aromatic carbocycles. The van der Waals surface area contributed by atoms with Gasteiger partial charge in [0.25, 0.3) is 5.91 Å². The van der Waals surface area contributed by atoms with Gasteiger partial charge >= 0.3 is 0 Å². The number of halogens is 1. The van der Waals surface area contributed by atoms with Gasteiger partial charge in [0.2, 0.25) is 0 Å². The number of hydrogen-bond acceptors (Lipinski definition) is 3. The minimum atomic E-state index is -0.0237. The molecular weight excluding hydrogens is 304 g/mol. The monoisotopic (exact) mass is 316 g/mol. The van der Waals surface area contributed by atoms with E-state index in [1.165, 1.54) is 6.26 Å². The van der Waals surface area contributed by atoms with Gasteiger partial charge in [0.15, 0.2) is 4.67 Å². The van der Waals surface area contributed by atoms with Gasteiger partial charge in [0.05, 0.1) is 16.8 Å². The maximum atomic E-state index is 12.3. The Morgan fingerprint density at radius 1 is 1.65 bits per heavy atom. The lowest BCUT2D eigenvalue weighted by atomic mass is 10.2. The van der Waals surface area contributed by atoms with Gasteiger partial charge in [-0.1, -0.05) is 12.2 Å². The Morgan fingerprint density at radius 3 is 2.82 bits per heavy atom. The van der Waals surface area contributed by atoms with E-state index in [-0.39, 0.29) is 5.91 Å². The minimum absolute atomic E-state index is 0.0237. The summed E-state index contributed by atoms with van der Waals surface area (Å²) in [4.78, 5) is 14.5. The molecule has 0 radical (unpaired) electrons. The van der Waals surface area contributed by atoms with E-state index in [2.05, 4.69) is 15.9 Å². The molecule has 0 spiro atoms. The molecule has 0 saturated heterocycles. The number of hydrogen-bond donors (Lipinski definition) is 1. The molecule has 0 aliphatic heterocycles. The second-order valence-corrected chi connectivity index (χ2v) is 5.30. The summed E-state index contributed by atoms with van der Waals surface area (Å²) in [6.07, 6.45) is 4.17. The van der Waals surface area contributed by atoms with E-state index >= 15 is 0 Å². The molecule has 1 aromatic heterocycles. The molecule has 0 unspecified atom stereocenters. The second kappa shape index (κ2) is 5.18. The van der Waals surface area contributed by atoms with Crippen LogP contribution in [0, 0.1) is 0 Å². The second-order valence-electron chi connectivity index (χ2n) is 4.05. The molecule has 4 nitrogen and oxygen atoms in total. The number of carbonyl (C=O) groups is 1. The SMILES string of the molecule is NC(=S)CCN(C(=O)c1ccoc1Br)C1CC1. The minimum Gasteiger partial charge on any atom is -0.457 e. The normalized spacial score (nSPS) is 14.6. The average Bonchev–Trinajstić information content (AvgIpc) is 3.00. The molecule has 1 saturated carbocycles. The van der Waals surface area contributed by atoms with Gasteiger partial charge in [0.1, 0.15) is 0 Å². The molecule has 1 aromatic rings. The molecular formula is C11H13BrN2O2S. The Hall–Kier alpha value is -0.880. The van der Waals surface area contributed by atoms with Crippen LogP contribution < -0.4 is 5.73 Å². The number of thiocarbonyl (C=S) groups is 1. The topological polar surface area (TPSA) is 59.5 Å². The lowest BCUT2D eigenvalue weighted by Gasteiger charge is -2.21. The smallest absolute Gasteiger partial charge is 0.258 e. The first-order valence-electron chi connectivity index (χ1n) is 5.42. The zero-order valence-electron chi connectivity index (χ0n) is 9.19. The van der Waals surface area contributed by atoms with Gasteiger partial charge in [-0.15, -0.1) is 0 Å². The van der Waals surface area contributed by atoms with Crippen LogP contribution in [0.15, 0.2) is 21.4 Å². The van der Waals surface area contributed by atoms with Crippen LogP contribution in [0.1, 0.15) is 29.6 Å². The van der Waals surface area contributed by atoms with Crippen LogP contribution in [0.25, 0.3) is 0 Å². The third-order valence-corrected chi connectivity index (χ3v) is 3.51. The number of nitrogens with zero attached hydrogens (tertiary/aromatic N) is 1. The highest BCUT2D eigenvalue weighted by Crippen LogP contribution is 2.30. The van der Waals surface area contributed by atoms with Crippen molar-refractivity contribution >= 4 is 39.0 Å². The summed E-state index contributed by atoms with van der Waals surface area (Å²) in [6, 6.07) is 2.00. The Labute approximate surface area is 113 Å². The molecule has 0 atom stereocenters. The quantitative estimate of drug-likeness (QED) is 0.847. The van der Waals surface area contributed by atoms with E-state index in [0.717, 1.165) is 12.8 Å². The third kappa shape index (κ3) is 3.07. The fraction of sp³-hybridized carbons (Fsp3) is 0.455. The molecule has 2 N–H and O–H groups in total. The predicted octanol–water partition coefficient (Wildman–Crippen LogP) is 2.32. The summed E-state index contributed by atoms with van der Waals surface area (Å²) in [5, 5.41) is 0. The lowest BCUT2D eigenvalue weighted by molar-refractivity contribution is 0.0746. The van der Waals surface area contributed by atoms with E-state index < -0.39 is 0 Å². The molecule has 6 heteroatoms. The van der Waals surface area contributed by atoms with Crippen molar-refractivity contribution in [2.45, 2.75) is 25.3 Å². The van der Waals surface area contributed by atoms with Crippen molar-refractivity contribution in [1.29, 1.82) is 0 Å². The van der Waals surface area contributed by atoms with E-state index in [1.807, 2.05) is 4.90 Å². The van der Waals surface area contributed by atoms with Gasteiger partial charge < -0.3 is 15.1 Å². The summed E-state index contributed by atoms with van der Waals surface area (Å²) in [6.45, 7) is 0.580. The summed E-state index contributed by atoms with van der Waals surface area (Å²) in [5.41, 5.74) is 6.03. The zero-order valence-corrected chi connectivity index (χ0v) is 11.6. The molecule has 1 amide bonds. The van der Waals surface area contributed by atoms with E-state index in [4.69, 9.17) is 22.4 Å². The lowest BCUT2D eigenvalue weighted by Crippen LogP contribution is -2.35. The Bertz CT molecular complexity index is 442. The van der Waals surface area contributed by atoms with Crippen molar-refractivity contribution in [1.82, 2.24) is 4.90 Å². The third-order valence-electron chi connectivity index (χ3n) is 2.70. The van der Waals surface area contributed by atoms with Gasteiger partial charge in [-0.25, -0.2) is 0 Å². The van der Waals surface area contributed by atoms with Crippen LogP contribution in [-0.2, 0) is 0 Å². The van der Waals surface area contributed by atoms with Gasteiger partial charge in [-0.3, -0.25) is 4.79 Å². The first kappa shape index (κ1) is 12.6. The molecule has 1 aliphatic carbocycles. The summed E-state index contributed by atoms with van der Waals surface area (Å²) in [7, 11) is 0. The maximum Gasteiger partial charge on any atom is 0.258 e. The van der Waals surface area contributed by atoms with Crippen molar-refractivity contribution in [3.05, 3.63) is 22.6 Å². The van der Waals surface area contributed by atoms with E-state index in [1.54, 1.807) is 6.07 Å². The number of amides is 1. The van der Waals surface area contributed by atoms with Crippen LogP contribution in [0.2, 0.25) is 0 Å². The number of furan rings is 1. The molecule has 2 rings (SSSR count). The Morgan fingerprint density at radius 2 is 2.35 bits per heavy atom. The first-order valence-corrected chi connectivity index (χ1v) is 6.62. The van der Waals surface area contributed by atoms with Crippen molar-refractivity contribution < 1.29 is 9.21 Å². The fourth-order valence-electron chi connectivity index (χ4n) is 1.67. The standard InChI is InChI=1S/C11H13BrN2O2S/c12-10-8(4-6-16-10)11(15)14(7-1-2-7)5-3-9(13)17/h4,6-7H,1-3,5H2,(H2,13,17). The number of nitrogens with two attached hydrogens (primary N) is 1. The maximum absolute atomic E-state index is 12.3. The van der Waals surface area contributed by atoms with Crippen LogP contribution in [0.3, 0.4) is 0 Å². The van der Waals surface area contributed by atoms with Crippen molar-refractivity contribution in [3.63, 3.8) is 0 Å². The van der Waals surface area contributed by atoms with Crippen LogP contribution in [0.5, 0.6) is 0 Å². The predicted molar refractivity (Wildman–Crippen MR) is 71.9 cm³/mol. The van der Waals surface area contributed by atoms with Gasteiger partial charge in [0, 0.05) is 19.0 Å². The van der Waals surface area contributed by atoms with Crippen molar-refractivity contribution in [3.8, 4) is 0 Å². The van der Waals surface area contributed by atoms with E-state index in [9.17, 15) is 4.79 Å². The molecule has 1 aliphatic rings. The molecule has 1 fully saturated rings. The fourth-order valence-corrected chi connectivity index (χ4v) is 2.17. The highest BCUT2D eigenvalue weighted by atomic mass is 79.9. The largest absolute Gasteiger partial charge is 0.457 e. The van der Waals surface area contributed by atoms with Crippen LogP contribution >= 0.6 is 28.1 Å². The van der Waals surface area contributed by atoms with Crippen LogP contribution in [-0.4, -0.2) is 28.4 Å². The van der Waals surface area contributed by atoms with Gasteiger partial charge in [-0.05, 0) is 34.8 Å². The van der Waals surface area contributed by atoms with E-state index in [0.29, 0.717) is 34.2 Å². The molecule has 92 valence electrons. The molecule has 17 heavy (non-hydrogen) atoms. The highest BCUT2D eigenvalue weighted by Gasteiger charge is 2.33. The first-order chi connectivity index (χ1) is 8.09. The van der Waals surface area contributed by atoms with Crippen LogP contribution in [0.4, 0.5) is 0 Å². The van der Waals surface area contributed by atoms with Crippen molar-refractivity contribution in [2.24, 2.45) is 5.73 Å². The summed E-state index contributed by atoms with van der Waals surface area (Å²) >= 11 is 8.07. The number of rotatable bonds is 5. The van der Waals surface area contributed by atoms with Crippen molar-refractivity contribution in [2.75, 3.05) is 6.54 Å². The molecule has 0 bridgehead atoms. The Balaban J connectivity index is 2.08. The average molecular weight is 317 g/mol. The highest BCUT2D eigenvalue weighted by molar-refractivity contribution is 9.10. The summed E-state index contributed by atoms with van der Waals surface area (Å²) in [5.74, 6) is -0.0237. The molecule has 1 heterocycles. The number of carbonyl (C=O) groups excluding carboxylic acids is 1. The Kier molecular flexibility index (Phi) is 3.83.